The highest BCUT2D eigenvalue weighted by atomic mass is 79.9. The summed E-state index contributed by atoms with van der Waals surface area (Å²) in [7, 11) is 0. The van der Waals surface area contributed by atoms with Gasteiger partial charge in [0.05, 0.1) is 27.4 Å². The number of amidine groups is 1. The zero-order valence-corrected chi connectivity index (χ0v) is 15.4. The number of carbonyl (C=O) groups is 1. The number of nitrogens with zero attached hydrogens (tertiary/aromatic N) is 4. The fourth-order valence-electron chi connectivity index (χ4n) is 2.19. The quantitative estimate of drug-likeness (QED) is 0.319. The molecular weight excluding hydrogens is 435 g/mol. The van der Waals surface area contributed by atoms with Gasteiger partial charge >= 0.3 is 0 Å². The molecule has 0 aliphatic rings. The molecule has 3 aromatic rings. The molecule has 0 fully saturated rings. The van der Waals surface area contributed by atoms with Crippen LogP contribution in [0.5, 0.6) is 0 Å². The van der Waals surface area contributed by atoms with Crippen molar-refractivity contribution in [2.45, 2.75) is 0 Å². The molecule has 28 heavy (non-hydrogen) atoms. The Labute approximate surface area is 165 Å². The summed E-state index contributed by atoms with van der Waals surface area (Å²) in [6.07, 6.45) is 0. The van der Waals surface area contributed by atoms with Crippen molar-refractivity contribution in [3.8, 4) is 6.07 Å². The summed E-state index contributed by atoms with van der Waals surface area (Å²) < 4.78 is 18.1. The minimum absolute atomic E-state index is 0.106. The van der Waals surface area contributed by atoms with E-state index in [4.69, 9.17) is 5.26 Å². The van der Waals surface area contributed by atoms with E-state index < -0.39 is 11.7 Å². The maximum absolute atomic E-state index is 13.4. The van der Waals surface area contributed by atoms with E-state index in [0.717, 1.165) is 0 Å². The first-order valence-corrected chi connectivity index (χ1v) is 8.40. The van der Waals surface area contributed by atoms with Crippen molar-refractivity contribution in [1.29, 1.82) is 5.26 Å². The largest absolute Gasteiger partial charge is 0.302 e. The highest BCUT2D eigenvalue weighted by molar-refractivity contribution is 9.10. The van der Waals surface area contributed by atoms with E-state index in [2.05, 4.69) is 41.2 Å². The number of halogens is 2. The molecule has 11 heteroatoms. The van der Waals surface area contributed by atoms with Gasteiger partial charge in [0, 0.05) is 0 Å². The van der Waals surface area contributed by atoms with Crippen LogP contribution in [0.2, 0.25) is 0 Å². The Morgan fingerprint density at radius 3 is 2.79 bits per heavy atom. The lowest BCUT2D eigenvalue weighted by molar-refractivity contribution is 0.102. The van der Waals surface area contributed by atoms with Gasteiger partial charge in [-0.3, -0.25) is 15.5 Å². The Hall–Kier alpha value is -3.62. The number of nitrogens with one attached hydrogen (secondary N) is 2. The number of hydrogen-bond donors (Lipinski definition) is 3. The third-order valence-electron chi connectivity index (χ3n) is 3.49. The minimum atomic E-state index is -0.629. The molecule has 3 N–H and O–H groups in total. The molecule has 0 unspecified atom stereocenters. The van der Waals surface area contributed by atoms with E-state index in [9.17, 15) is 14.4 Å². The Bertz CT molecular complexity index is 1110. The van der Waals surface area contributed by atoms with Gasteiger partial charge in [0.15, 0.2) is 11.5 Å². The summed E-state index contributed by atoms with van der Waals surface area (Å²) in [5, 5.41) is 28.1. The molecule has 0 radical (unpaired) electrons. The lowest BCUT2D eigenvalue weighted by Gasteiger charge is -2.06. The smallest absolute Gasteiger partial charge is 0.258 e. The lowest BCUT2D eigenvalue weighted by atomic mass is 10.1. The minimum Gasteiger partial charge on any atom is -0.302 e. The van der Waals surface area contributed by atoms with Gasteiger partial charge in [-0.25, -0.2) is 14.0 Å². The first-order chi connectivity index (χ1) is 13.5. The molecule has 3 rings (SSSR count). The molecule has 0 atom stereocenters. The molecule has 1 aromatic heterocycles. The number of anilines is 1. The second-order valence-electron chi connectivity index (χ2n) is 5.24. The predicted molar refractivity (Wildman–Crippen MR) is 98.6 cm³/mol. The molecule has 1 amide bonds. The highest BCUT2D eigenvalue weighted by Crippen LogP contribution is 2.23. The third kappa shape index (κ3) is 4.03. The predicted octanol–water partition coefficient (Wildman–Crippen LogP) is 3.15. The molecule has 9 nitrogen and oxygen atoms in total. The van der Waals surface area contributed by atoms with E-state index in [1.165, 1.54) is 30.3 Å². The number of hydrogen-bond acceptors (Lipinski definition) is 7. The average Bonchev–Trinajstić information content (AvgIpc) is 3.16. The molecule has 0 aliphatic carbocycles. The summed E-state index contributed by atoms with van der Waals surface area (Å²) in [4.78, 5) is 16.5. The van der Waals surface area contributed by atoms with Gasteiger partial charge in [-0.15, -0.1) is 0 Å². The topological polar surface area (TPSA) is 136 Å². The number of aliphatic imine (C=N–C) groups is 1. The first-order valence-electron chi connectivity index (χ1n) is 7.60. The molecular formula is C17H10BrFN6O3. The van der Waals surface area contributed by atoms with Crippen molar-refractivity contribution in [2.75, 3.05) is 5.32 Å². The van der Waals surface area contributed by atoms with Gasteiger partial charge in [0.2, 0.25) is 5.82 Å². The Kier molecular flexibility index (Phi) is 5.73. The van der Waals surface area contributed by atoms with E-state index in [0.29, 0.717) is 0 Å². The van der Waals surface area contributed by atoms with Gasteiger partial charge in [0.25, 0.3) is 5.91 Å². The lowest BCUT2D eigenvalue weighted by Crippen LogP contribution is -2.23. The highest BCUT2D eigenvalue weighted by Gasteiger charge is 2.20. The Morgan fingerprint density at radius 1 is 1.29 bits per heavy atom. The van der Waals surface area contributed by atoms with Crippen LogP contribution in [0.1, 0.15) is 21.6 Å². The zero-order valence-electron chi connectivity index (χ0n) is 13.8. The monoisotopic (exact) mass is 444 g/mol. The van der Waals surface area contributed by atoms with Crippen LogP contribution in [0, 0.1) is 17.1 Å². The summed E-state index contributed by atoms with van der Waals surface area (Å²) >= 11 is 3.04. The van der Waals surface area contributed by atoms with Crippen LogP contribution in [0.15, 0.2) is 56.6 Å². The summed E-state index contributed by atoms with van der Waals surface area (Å²) in [5.41, 5.74) is 2.30. The number of hydroxylamine groups is 1. The van der Waals surface area contributed by atoms with Crippen LogP contribution in [0.4, 0.5) is 15.9 Å². The van der Waals surface area contributed by atoms with Crippen LogP contribution in [-0.4, -0.2) is 27.3 Å². The SMILES string of the molecule is N#Cc1ccccc1C(=O)Nc1nonc1C(=Nc1ccc(F)c(Br)c1)NO. The second-order valence-corrected chi connectivity index (χ2v) is 6.10. The standard InChI is InChI=1S/C17H10BrFN6O3/c18-12-7-10(5-6-13(12)19)21-15(23-27)14-16(25-28-24-14)22-17(26)11-4-2-1-3-9(11)8-20/h1-7,27H,(H,21,23)(H,22,25,26). The van der Waals surface area contributed by atoms with E-state index >= 15 is 0 Å². The van der Waals surface area contributed by atoms with Crippen molar-refractivity contribution in [3.05, 3.63) is 69.6 Å². The van der Waals surface area contributed by atoms with Crippen LogP contribution < -0.4 is 10.8 Å². The van der Waals surface area contributed by atoms with Gasteiger partial charge in [-0.2, -0.15) is 5.26 Å². The van der Waals surface area contributed by atoms with Crippen molar-refractivity contribution in [3.63, 3.8) is 0 Å². The summed E-state index contributed by atoms with van der Waals surface area (Å²) in [6.45, 7) is 0. The average molecular weight is 445 g/mol. The van der Waals surface area contributed by atoms with Crippen molar-refractivity contribution in [1.82, 2.24) is 15.8 Å². The van der Waals surface area contributed by atoms with Crippen molar-refractivity contribution < 1.29 is 19.0 Å². The second kappa shape index (κ2) is 8.38. The van der Waals surface area contributed by atoms with E-state index in [1.807, 2.05) is 11.5 Å². The number of aromatic nitrogens is 2. The van der Waals surface area contributed by atoms with Crippen molar-refractivity contribution >= 4 is 39.2 Å². The first kappa shape index (κ1) is 19.2. The maximum Gasteiger partial charge on any atom is 0.258 e. The molecule has 0 aliphatic heterocycles. The van der Waals surface area contributed by atoms with Gasteiger partial charge < -0.3 is 5.32 Å². The zero-order chi connectivity index (χ0) is 20.1. The summed E-state index contributed by atoms with van der Waals surface area (Å²) in [5.74, 6) is -1.46. The molecule has 140 valence electrons. The van der Waals surface area contributed by atoms with Crippen molar-refractivity contribution in [2.24, 2.45) is 4.99 Å². The molecule has 2 aromatic carbocycles. The number of nitriles is 1. The van der Waals surface area contributed by atoms with Crippen LogP contribution in [0.25, 0.3) is 0 Å². The van der Waals surface area contributed by atoms with Crippen LogP contribution >= 0.6 is 15.9 Å². The van der Waals surface area contributed by atoms with Gasteiger partial charge in [-0.05, 0) is 56.6 Å². The van der Waals surface area contributed by atoms with E-state index in [1.54, 1.807) is 12.1 Å². The molecule has 1 heterocycles. The number of rotatable bonds is 4. The Morgan fingerprint density at radius 2 is 2.07 bits per heavy atom. The van der Waals surface area contributed by atoms with Gasteiger partial charge in [0.1, 0.15) is 5.82 Å². The summed E-state index contributed by atoms with van der Waals surface area (Å²) in [6, 6.07) is 12.0. The maximum atomic E-state index is 13.4. The number of carbonyl (C=O) groups excluding carboxylic acids is 1. The normalized spacial score (nSPS) is 11.0. The van der Waals surface area contributed by atoms with Gasteiger partial charge in [-0.1, -0.05) is 12.1 Å². The fraction of sp³-hybridized carbons (Fsp3) is 0. The third-order valence-corrected chi connectivity index (χ3v) is 4.09. The van der Waals surface area contributed by atoms with Crippen LogP contribution in [-0.2, 0) is 0 Å². The fourth-order valence-corrected chi connectivity index (χ4v) is 2.56. The number of amides is 1. The molecule has 0 spiro atoms. The molecule has 0 bridgehead atoms. The number of benzene rings is 2. The molecule has 0 saturated heterocycles. The van der Waals surface area contributed by atoms with Crippen LogP contribution in [0.3, 0.4) is 0 Å². The van der Waals surface area contributed by atoms with E-state index in [-0.39, 0.29) is 38.6 Å². The molecule has 0 saturated carbocycles. The Balaban J connectivity index is 1.91.